The number of nitrogens with one attached hydrogen (secondary N) is 2. The Morgan fingerprint density at radius 3 is 2.71 bits per heavy atom. The Labute approximate surface area is 184 Å². The number of nitrogens with zero attached hydrogens (tertiary/aromatic N) is 1. The van der Waals surface area contributed by atoms with E-state index in [0.717, 1.165) is 16.6 Å². The maximum atomic E-state index is 12.5. The number of aromatic amines is 1. The molecule has 0 aliphatic heterocycles. The minimum absolute atomic E-state index is 0.197. The SMILES string of the molecule is O=C(NCCc1cc2ccccc2[nH]1)c1ccc(=O)n(CCOc2ccccc2Cl)c1. The summed E-state index contributed by atoms with van der Waals surface area (Å²) in [4.78, 5) is 28.0. The Bertz CT molecular complexity index is 1230. The first-order valence-electron chi connectivity index (χ1n) is 10.0. The van der Waals surface area contributed by atoms with Gasteiger partial charge in [-0.05, 0) is 35.7 Å². The van der Waals surface area contributed by atoms with Crippen LogP contribution in [-0.4, -0.2) is 28.6 Å². The van der Waals surface area contributed by atoms with E-state index >= 15 is 0 Å². The van der Waals surface area contributed by atoms with Gasteiger partial charge < -0.3 is 19.6 Å². The fraction of sp³-hybridized carbons (Fsp3) is 0.167. The van der Waals surface area contributed by atoms with Gasteiger partial charge in [0.15, 0.2) is 0 Å². The van der Waals surface area contributed by atoms with Crippen LogP contribution in [0.5, 0.6) is 5.75 Å². The number of ether oxygens (including phenoxy) is 1. The molecule has 4 aromatic rings. The van der Waals surface area contributed by atoms with Gasteiger partial charge in [-0.2, -0.15) is 0 Å². The number of rotatable bonds is 8. The van der Waals surface area contributed by atoms with Crippen molar-refractivity contribution in [3.63, 3.8) is 0 Å². The molecule has 0 aliphatic carbocycles. The number of halogens is 1. The molecule has 0 fully saturated rings. The highest BCUT2D eigenvalue weighted by atomic mass is 35.5. The molecule has 0 saturated heterocycles. The lowest BCUT2D eigenvalue weighted by Gasteiger charge is -2.11. The van der Waals surface area contributed by atoms with Crippen molar-refractivity contribution in [1.82, 2.24) is 14.9 Å². The van der Waals surface area contributed by atoms with Crippen molar-refractivity contribution in [2.75, 3.05) is 13.2 Å². The summed E-state index contributed by atoms with van der Waals surface area (Å²) in [7, 11) is 0. The van der Waals surface area contributed by atoms with Gasteiger partial charge in [0, 0.05) is 36.4 Å². The average molecular weight is 436 g/mol. The Morgan fingerprint density at radius 1 is 1.06 bits per heavy atom. The van der Waals surface area contributed by atoms with Gasteiger partial charge in [0.1, 0.15) is 12.4 Å². The molecule has 7 heteroatoms. The molecule has 0 atom stereocenters. The monoisotopic (exact) mass is 435 g/mol. The van der Waals surface area contributed by atoms with Crippen LogP contribution in [0.2, 0.25) is 5.02 Å². The van der Waals surface area contributed by atoms with Gasteiger partial charge >= 0.3 is 0 Å². The number of carbonyl (C=O) groups is 1. The zero-order valence-electron chi connectivity index (χ0n) is 16.8. The van der Waals surface area contributed by atoms with E-state index in [1.807, 2.05) is 36.4 Å². The summed E-state index contributed by atoms with van der Waals surface area (Å²) in [5.41, 5.74) is 2.37. The molecule has 158 valence electrons. The summed E-state index contributed by atoms with van der Waals surface area (Å²) in [6, 6.07) is 20.2. The summed E-state index contributed by atoms with van der Waals surface area (Å²) in [6.45, 7) is 1.05. The summed E-state index contributed by atoms with van der Waals surface area (Å²) in [5.74, 6) is 0.333. The Balaban J connectivity index is 1.32. The third kappa shape index (κ3) is 5.16. The van der Waals surface area contributed by atoms with E-state index in [-0.39, 0.29) is 18.1 Å². The van der Waals surface area contributed by atoms with Gasteiger partial charge in [0.05, 0.1) is 17.1 Å². The molecule has 2 N–H and O–H groups in total. The molecule has 2 heterocycles. The summed E-state index contributed by atoms with van der Waals surface area (Å²) >= 11 is 6.07. The molecule has 6 nitrogen and oxygen atoms in total. The Kier molecular flexibility index (Phi) is 6.38. The number of para-hydroxylation sites is 2. The van der Waals surface area contributed by atoms with E-state index in [2.05, 4.69) is 16.4 Å². The second kappa shape index (κ2) is 9.53. The van der Waals surface area contributed by atoms with Crippen LogP contribution in [0, 0.1) is 0 Å². The van der Waals surface area contributed by atoms with Crippen molar-refractivity contribution in [3.05, 3.63) is 99.6 Å². The third-order valence-corrected chi connectivity index (χ3v) is 5.25. The molecular formula is C24H22ClN3O3. The average Bonchev–Trinajstić information content (AvgIpc) is 3.19. The molecule has 31 heavy (non-hydrogen) atoms. The molecule has 2 aromatic carbocycles. The fourth-order valence-electron chi connectivity index (χ4n) is 3.34. The number of hydrogen-bond acceptors (Lipinski definition) is 3. The van der Waals surface area contributed by atoms with E-state index < -0.39 is 0 Å². The van der Waals surface area contributed by atoms with Crippen LogP contribution in [0.1, 0.15) is 16.1 Å². The molecule has 0 bridgehead atoms. The molecule has 1 amide bonds. The van der Waals surface area contributed by atoms with Gasteiger partial charge in [0.25, 0.3) is 11.5 Å². The van der Waals surface area contributed by atoms with Crippen LogP contribution in [0.3, 0.4) is 0 Å². The quantitative estimate of drug-likeness (QED) is 0.438. The van der Waals surface area contributed by atoms with Crippen LogP contribution in [0.25, 0.3) is 10.9 Å². The summed E-state index contributed by atoms with van der Waals surface area (Å²) < 4.78 is 7.10. The molecule has 0 radical (unpaired) electrons. The summed E-state index contributed by atoms with van der Waals surface area (Å²) in [6.07, 6.45) is 2.24. The van der Waals surface area contributed by atoms with Crippen LogP contribution < -0.4 is 15.6 Å². The van der Waals surface area contributed by atoms with Crippen LogP contribution in [-0.2, 0) is 13.0 Å². The smallest absolute Gasteiger partial charge is 0.252 e. The minimum Gasteiger partial charge on any atom is -0.490 e. The van der Waals surface area contributed by atoms with E-state index in [4.69, 9.17) is 16.3 Å². The maximum absolute atomic E-state index is 12.5. The normalized spacial score (nSPS) is 10.9. The topological polar surface area (TPSA) is 76.1 Å². The van der Waals surface area contributed by atoms with Crippen molar-refractivity contribution < 1.29 is 9.53 Å². The second-order valence-corrected chi connectivity index (χ2v) is 7.52. The zero-order valence-corrected chi connectivity index (χ0v) is 17.6. The lowest BCUT2D eigenvalue weighted by atomic mass is 10.2. The number of hydrogen-bond donors (Lipinski definition) is 2. The van der Waals surface area contributed by atoms with E-state index in [1.165, 1.54) is 16.7 Å². The first-order chi connectivity index (χ1) is 15.1. The Morgan fingerprint density at radius 2 is 1.87 bits per heavy atom. The van der Waals surface area contributed by atoms with Crippen molar-refractivity contribution in [3.8, 4) is 5.75 Å². The van der Waals surface area contributed by atoms with Crippen molar-refractivity contribution in [2.24, 2.45) is 0 Å². The third-order valence-electron chi connectivity index (χ3n) is 4.94. The van der Waals surface area contributed by atoms with E-state index in [1.54, 1.807) is 18.3 Å². The number of amides is 1. The van der Waals surface area contributed by atoms with Gasteiger partial charge in [-0.25, -0.2) is 0 Å². The number of pyridine rings is 1. The number of H-pyrrole nitrogens is 1. The highest BCUT2D eigenvalue weighted by Crippen LogP contribution is 2.22. The first kappa shape index (κ1) is 20.8. The minimum atomic E-state index is -0.225. The van der Waals surface area contributed by atoms with E-state index in [9.17, 15) is 9.59 Å². The molecule has 0 saturated carbocycles. The second-order valence-electron chi connectivity index (χ2n) is 7.12. The van der Waals surface area contributed by atoms with Crippen LogP contribution in [0.15, 0.2) is 77.7 Å². The standard InChI is InChI=1S/C24H22ClN3O3/c25-20-6-2-4-8-22(20)31-14-13-28-16-18(9-10-23(28)29)24(30)26-12-11-19-15-17-5-1-3-7-21(17)27-19/h1-10,15-16,27H,11-14H2,(H,26,30). The Hall–Kier alpha value is -3.51. The zero-order chi connectivity index (χ0) is 21.6. The highest BCUT2D eigenvalue weighted by molar-refractivity contribution is 6.32. The largest absolute Gasteiger partial charge is 0.490 e. The van der Waals surface area contributed by atoms with Gasteiger partial charge in [-0.3, -0.25) is 9.59 Å². The molecule has 2 aromatic heterocycles. The number of fused-ring (bicyclic) bond motifs is 1. The molecule has 0 spiro atoms. The van der Waals surface area contributed by atoms with Crippen molar-refractivity contribution in [1.29, 1.82) is 0 Å². The van der Waals surface area contributed by atoms with Gasteiger partial charge in [-0.15, -0.1) is 0 Å². The van der Waals surface area contributed by atoms with Gasteiger partial charge in [-0.1, -0.05) is 41.9 Å². The number of benzene rings is 2. The van der Waals surface area contributed by atoms with Crippen molar-refractivity contribution in [2.45, 2.75) is 13.0 Å². The highest BCUT2D eigenvalue weighted by Gasteiger charge is 2.09. The predicted molar refractivity (Wildman–Crippen MR) is 122 cm³/mol. The molecule has 0 aliphatic rings. The predicted octanol–water partition coefficient (Wildman–Crippen LogP) is 4.03. The fourth-order valence-corrected chi connectivity index (χ4v) is 3.53. The van der Waals surface area contributed by atoms with E-state index in [0.29, 0.717) is 35.8 Å². The lowest BCUT2D eigenvalue weighted by Crippen LogP contribution is -2.29. The van der Waals surface area contributed by atoms with Crippen molar-refractivity contribution >= 4 is 28.4 Å². The maximum Gasteiger partial charge on any atom is 0.252 e. The molecule has 4 rings (SSSR count). The van der Waals surface area contributed by atoms with Crippen LogP contribution >= 0.6 is 11.6 Å². The van der Waals surface area contributed by atoms with Gasteiger partial charge in [0.2, 0.25) is 0 Å². The molecular weight excluding hydrogens is 414 g/mol. The number of carbonyl (C=O) groups excluding carboxylic acids is 1. The van der Waals surface area contributed by atoms with Crippen LogP contribution in [0.4, 0.5) is 0 Å². The number of aromatic nitrogens is 2. The summed E-state index contributed by atoms with van der Waals surface area (Å²) in [5, 5.41) is 4.56. The first-order valence-corrected chi connectivity index (χ1v) is 10.4. The lowest BCUT2D eigenvalue weighted by molar-refractivity contribution is 0.0953. The molecule has 0 unspecified atom stereocenters.